The minimum absolute atomic E-state index is 0.168. The second-order valence-electron chi connectivity index (χ2n) is 6.29. The van der Waals surface area contributed by atoms with Gasteiger partial charge in [-0.05, 0) is 46.5 Å². The molecule has 0 bridgehead atoms. The van der Waals surface area contributed by atoms with E-state index >= 15 is 0 Å². The Hall–Kier alpha value is -1.58. The molecule has 1 aliphatic carbocycles. The number of allylic oxidation sites excluding steroid dienone is 1. The molecule has 1 rings (SSSR count). The molecule has 21 heavy (non-hydrogen) atoms. The fourth-order valence-electron chi connectivity index (χ4n) is 2.08. The molecule has 0 aromatic rings. The van der Waals surface area contributed by atoms with E-state index in [2.05, 4.69) is 12.7 Å². The van der Waals surface area contributed by atoms with E-state index in [9.17, 15) is 9.59 Å². The van der Waals surface area contributed by atoms with Crippen LogP contribution in [-0.4, -0.2) is 22.6 Å². The van der Waals surface area contributed by atoms with Crippen LogP contribution in [0.4, 0.5) is 0 Å². The summed E-state index contributed by atoms with van der Waals surface area (Å²) >= 11 is 0. The van der Waals surface area contributed by atoms with Gasteiger partial charge < -0.3 is 9.84 Å². The quantitative estimate of drug-likeness (QED) is 0.628. The SMILES string of the molecule is C=CC(=O)O.CC(=CC1CCCCC1)C(=O)OC(C)(C)C. The first-order chi connectivity index (χ1) is 9.65. The Balaban J connectivity index is 0.000000690. The summed E-state index contributed by atoms with van der Waals surface area (Å²) in [7, 11) is 0. The van der Waals surface area contributed by atoms with Crippen LogP contribution < -0.4 is 0 Å². The summed E-state index contributed by atoms with van der Waals surface area (Å²) in [6.45, 7) is 10.5. The Morgan fingerprint density at radius 3 is 2.05 bits per heavy atom. The molecule has 0 heterocycles. The van der Waals surface area contributed by atoms with Gasteiger partial charge in [0.25, 0.3) is 0 Å². The van der Waals surface area contributed by atoms with Gasteiger partial charge in [-0.25, -0.2) is 9.59 Å². The number of hydrogen-bond donors (Lipinski definition) is 1. The van der Waals surface area contributed by atoms with Gasteiger partial charge in [-0.15, -0.1) is 0 Å². The molecule has 0 aromatic heterocycles. The normalized spacial score (nSPS) is 16.5. The molecular formula is C17H28O4. The molecular weight excluding hydrogens is 268 g/mol. The molecule has 0 radical (unpaired) electrons. The number of carboxylic acid groups (broad SMARTS) is 1. The van der Waals surface area contributed by atoms with Crippen LogP contribution in [0.1, 0.15) is 59.8 Å². The summed E-state index contributed by atoms with van der Waals surface area (Å²) in [6, 6.07) is 0. The zero-order chi connectivity index (χ0) is 16.5. The summed E-state index contributed by atoms with van der Waals surface area (Å²) < 4.78 is 5.33. The monoisotopic (exact) mass is 296 g/mol. The third-order valence-electron chi connectivity index (χ3n) is 3.03. The van der Waals surface area contributed by atoms with E-state index in [1.807, 2.05) is 27.7 Å². The largest absolute Gasteiger partial charge is 0.478 e. The lowest BCUT2D eigenvalue weighted by Gasteiger charge is -2.21. The fraction of sp³-hybridized carbons (Fsp3) is 0.647. The lowest BCUT2D eigenvalue weighted by Crippen LogP contribution is -2.24. The van der Waals surface area contributed by atoms with Gasteiger partial charge >= 0.3 is 11.9 Å². The van der Waals surface area contributed by atoms with Crippen LogP contribution in [0.15, 0.2) is 24.3 Å². The van der Waals surface area contributed by atoms with Crippen molar-refractivity contribution < 1.29 is 19.4 Å². The molecule has 4 heteroatoms. The minimum atomic E-state index is -0.981. The van der Waals surface area contributed by atoms with Crippen molar-refractivity contribution in [2.45, 2.75) is 65.4 Å². The predicted molar refractivity (Wildman–Crippen MR) is 84.0 cm³/mol. The predicted octanol–water partition coefficient (Wildman–Crippen LogP) is 4.11. The highest BCUT2D eigenvalue weighted by molar-refractivity contribution is 5.88. The highest BCUT2D eigenvalue weighted by Gasteiger charge is 2.19. The van der Waals surface area contributed by atoms with Crippen molar-refractivity contribution in [2.75, 3.05) is 0 Å². The van der Waals surface area contributed by atoms with Crippen LogP contribution in [0.25, 0.3) is 0 Å². The summed E-state index contributed by atoms with van der Waals surface area (Å²) in [5.41, 5.74) is 0.375. The number of ether oxygens (including phenoxy) is 1. The third-order valence-corrected chi connectivity index (χ3v) is 3.03. The zero-order valence-electron chi connectivity index (χ0n) is 13.6. The van der Waals surface area contributed by atoms with Crippen molar-refractivity contribution in [3.8, 4) is 0 Å². The number of carbonyl (C=O) groups excluding carboxylic acids is 1. The van der Waals surface area contributed by atoms with Crippen molar-refractivity contribution in [2.24, 2.45) is 5.92 Å². The van der Waals surface area contributed by atoms with Crippen molar-refractivity contribution in [3.63, 3.8) is 0 Å². The fourth-order valence-corrected chi connectivity index (χ4v) is 2.08. The van der Waals surface area contributed by atoms with Crippen LogP contribution >= 0.6 is 0 Å². The van der Waals surface area contributed by atoms with Crippen molar-refractivity contribution in [3.05, 3.63) is 24.3 Å². The molecule has 0 aliphatic heterocycles. The van der Waals surface area contributed by atoms with E-state index in [1.165, 1.54) is 32.1 Å². The van der Waals surface area contributed by atoms with Crippen LogP contribution in [0.3, 0.4) is 0 Å². The van der Waals surface area contributed by atoms with Crippen molar-refractivity contribution in [1.29, 1.82) is 0 Å². The van der Waals surface area contributed by atoms with Gasteiger partial charge in [0.05, 0.1) is 0 Å². The van der Waals surface area contributed by atoms with Gasteiger partial charge in [0.15, 0.2) is 0 Å². The molecule has 1 saturated carbocycles. The van der Waals surface area contributed by atoms with Crippen LogP contribution in [-0.2, 0) is 14.3 Å². The average molecular weight is 296 g/mol. The molecule has 1 fully saturated rings. The number of carboxylic acids is 1. The summed E-state index contributed by atoms with van der Waals surface area (Å²) in [5, 5.41) is 7.60. The van der Waals surface area contributed by atoms with E-state index in [-0.39, 0.29) is 5.97 Å². The standard InChI is InChI=1S/C14H24O2.C3H4O2/c1-11(13(15)16-14(2,3)4)10-12-8-6-5-7-9-12;1-2-3(4)5/h10,12H,5-9H2,1-4H3;2H,1H2,(H,4,5). The summed E-state index contributed by atoms with van der Waals surface area (Å²) in [4.78, 5) is 21.0. The maximum Gasteiger partial charge on any atom is 0.333 e. The number of rotatable bonds is 3. The van der Waals surface area contributed by atoms with Crippen LogP contribution in [0.2, 0.25) is 0 Å². The molecule has 0 amide bonds. The van der Waals surface area contributed by atoms with E-state index in [4.69, 9.17) is 9.84 Å². The van der Waals surface area contributed by atoms with Gasteiger partial charge in [-0.2, -0.15) is 0 Å². The number of hydrogen-bond acceptors (Lipinski definition) is 3. The first-order valence-corrected chi connectivity index (χ1v) is 7.43. The minimum Gasteiger partial charge on any atom is -0.478 e. The Kier molecular flexibility index (Phi) is 8.67. The molecule has 0 saturated heterocycles. The van der Waals surface area contributed by atoms with Gasteiger partial charge in [0, 0.05) is 11.6 Å². The highest BCUT2D eigenvalue weighted by atomic mass is 16.6. The lowest BCUT2D eigenvalue weighted by atomic mass is 9.88. The smallest absolute Gasteiger partial charge is 0.333 e. The van der Waals surface area contributed by atoms with Crippen LogP contribution in [0, 0.1) is 5.92 Å². The molecule has 0 unspecified atom stereocenters. The first-order valence-electron chi connectivity index (χ1n) is 7.43. The number of carbonyl (C=O) groups is 2. The van der Waals surface area contributed by atoms with Crippen molar-refractivity contribution in [1.82, 2.24) is 0 Å². The topological polar surface area (TPSA) is 63.6 Å². The van der Waals surface area contributed by atoms with E-state index < -0.39 is 11.6 Å². The maximum atomic E-state index is 11.7. The molecule has 0 atom stereocenters. The maximum absolute atomic E-state index is 11.7. The Morgan fingerprint density at radius 1 is 1.19 bits per heavy atom. The average Bonchev–Trinajstić information content (AvgIpc) is 2.38. The van der Waals surface area contributed by atoms with E-state index in [0.29, 0.717) is 5.92 Å². The molecule has 0 spiro atoms. The lowest BCUT2D eigenvalue weighted by molar-refractivity contribution is -0.149. The Labute approximate surface area is 127 Å². The number of aliphatic carboxylic acids is 1. The molecule has 1 N–H and O–H groups in total. The second-order valence-corrected chi connectivity index (χ2v) is 6.29. The molecule has 4 nitrogen and oxygen atoms in total. The zero-order valence-corrected chi connectivity index (χ0v) is 13.6. The Morgan fingerprint density at radius 2 is 1.67 bits per heavy atom. The van der Waals surface area contributed by atoms with Gasteiger partial charge in [-0.1, -0.05) is 31.9 Å². The number of esters is 1. The van der Waals surface area contributed by atoms with Gasteiger partial charge in [0.2, 0.25) is 0 Å². The molecule has 120 valence electrons. The van der Waals surface area contributed by atoms with Crippen LogP contribution in [0.5, 0.6) is 0 Å². The molecule has 0 aromatic carbocycles. The highest BCUT2D eigenvalue weighted by Crippen LogP contribution is 2.26. The van der Waals surface area contributed by atoms with Gasteiger partial charge in [-0.3, -0.25) is 0 Å². The first kappa shape index (κ1) is 19.4. The van der Waals surface area contributed by atoms with Crippen molar-refractivity contribution >= 4 is 11.9 Å². The molecule has 1 aliphatic rings. The van der Waals surface area contributed by atoms with E-state index in [0.717, 1.165) is 11.6 Å². The Bertz CT molecular complexity index is 382. The second kappa shape index (κ2) is 9.37. The summed E-state index contributed by atoms with van der Waals surface area (Å²) in [6.07, 6.45) is 9.31. The summed E-state index contributed by atoms with van der Waals surface area (Å²) in [5.74, 6) is -0.565. The third kappa shape index (κ3) is 10.8. The van der Waals surface area contributed by atoms with Gasteiger partial charge in [0.1, 0.15) is 5.60 Å². The van der Waals surface area contributed by atoms with E-state index in [1.54, 1.807) is 0 Å².